The molecule has 0 unspecified atom stereocenters. The van der Waals surface area contributed by atoms with Gasteiger partial charge in [0.2, 0.25) is 0 Å². The molecule has 1 heteroatoms. The van der Waals surface area contributed by atoms with Crippen LogP contribution < -0.4 is 0 Å². The number of hydrogen-bond donors (Lipinski definition) is 0. The van der Waals surface area contributed by atoms with Gasteiger partial charge < -0.3 is 0 Å². The average molecular weight is 148 g/mol. The van der Waals surface area contributed by atoms with Crippen molar-refractivity contribution in [3.05, 3.63) is 12.2 Å². The van der Waals surface area contributed by atoms with Gasteiger partial charge >= 0.3 is 0 Å². The molecule has 0 radical (unpaired) electrons. The molecule has 3 rings (SSSR count). The lowest BCUT2D eigenvalue weighted by atomic mass is 9.64. The molecule has 0 aliphatic heterocycles. The van der Waals surface area contributed by atoms with Crippen LogP contribution in [0.5, 0.6) is 0 Å². The number of allylic oxidation sites excluding steroid dienone is 1. The number of Topliss-reactive ketones (excluding diaryl/α,β-unsaturated/α-hetero) is 1. The highest BCUT2D eigenvalue weighted by Gasteiger charge is 2.59. The second kappa shape index (κ2) is 1.60. The molecule has 0 amide bonds. The Kier molecular flexibility index (Phi) is 0.869. The first-order chi connectivity index (χ1) is 5.29. The summed E-state index contributed by atoms with van der Waals surface area (Å²) in [5, 5.41) is 0. The fourth-order valence-corrected chi connectivity index (χ4v) is 3.45. The maximum Gasteiger partial charge on any atom is 0.140 e. The van der Waals surface area contributed by atoms with Gasteiger partial charge in [-0.3, -0.25) is 4.79 Å². The summed E-state index contributed by atoms with van der Waals surface area (Å²) in [6.07, 6.45) is 3.47. The van der Waals surface area contributed by atoms with Gasteiger partial charge in [0.25, 0.3) is 0 Å². The fourth-order valence-electron chi connectivity index (χ4n) is 3.45. The van der Waals surface area contributed by atoms with E-state index in [9.17, 15) is 4.79 Å². The highest BCUT2D eigenvalue weighted by Crippen LogP contribution is 2.62. The molecule has 4 atom stereocenters. The number of rotatable bonds is 0. The molecule has 0 spiro atoms. The first-order valence-corrected chi connectivity index (χ1v) is 4.50. The molecule has 0 N–H and O–H groups in total. The van der Waals surface area contributed by atoms with Gasteiger partial charge in [0.1, 0.15) is 5.78 Å². The quantitative estimate of drug-likeness (QED) is 0.479. The molecule has 0 bridgehead atoms. The van der Waals surface area contributed by atoms with Crippen molar-refractivity contribution < 1.29 is 4.79 Å². The van der Waals surface area contributed by atoms with Crippen LogP contribution in [0.25, 0.3) is 0 Å². The van der Waals surface area contributed by atoms with Crippen LogP contribution in [-0.2, 0) is 4.79 Å². The zero-order valence-corrected chi connectivity index (χ0v) is 6.55. The summed E-state index contributed by atoms with van der Waals surface area (Å²) in [6, 6.07) is 0. The standard InChI is InChI=1S/C10H12O/c1-5-7-3-2-6-4-8(11)9(5)10(6)7/h6-7,9-10H,1-4H2/t6-,7+,9+,10+/m0/s1. The van der Waals surface area contributed by atoms with E-state index < -0.39 is 0 Å². The van der Waals surface area contributed by atoms with Crippen LogP contribution in [0.3, 0.4) is 0 Å². The van der Waals surface area contributed by atoms with E-state index >= 15 is 0 Å². The molecule has 11 heavy (non-hydrogen) atoms. The maximum atomic E-state index is 11.4. The van der Waals surface area contributed by atoms with Crippen LogP contribution in [0.4, 0.5) is 0 Å². The predicted octanol–water partition coefficient (Wildman–Crippen LogP) is 1.79. The van der Waals surface area contributed by atoms with Crippen molar-refractivity contribution in [1.29, 1.82) is 0 Å². The van der Waals surface area contributed by atoms with E-state index in [4.69, 9.17) is 0 Å². The number of carbonyl (C=O) groups is 1. The molecule has 3 fully saturated rings. The Morgan fingerprint density at radius 3 is 3.00 bits per heavy atom. The molecule has 1 nitrogen and oxygen atoms in total. The molecular weight excluding hydrogens is 136 g/mol. The lowest BCUT2D eigenvalue weighted by Gasteiger charge is -2.39. The van der Waals surface area contributed by atoms with E-state index in [2.05, 4.69) is 6.58 Å². The molecule has 0 saturated heterocycles. The van der Waals surface area contributed by atoms with Crippen LogP contribution in [-0.4, -0.2) is 5.78 Å². The van der Waals surface area contributed by atoms with Gasteiger partial charge in [-0.2, -0.15) is 0 Å². The van der Waals surface area contributed by atoms with Gasteiger partial charge in [-0.05, 0) is 30.6 Å². The van der Waals surface area contributed by atoms with Crippen molar-refractivity contribution in [2.75, 3.05) is 0 Å². The molecule has 0 heterocycles. The van der Waals surface area contributed by atoms with E-state index in [0.29, 0.717) is 11.7 Å². The summed E-state index contributed by atoms with van der Waals surface area (Å²) in [5.41, 5.74) is 1.26. The summed E-state index contributed by atoms with van der Waals surface area (Å²) in [4.78, 5) is 11.4. The lowest BCUT2D eigenvalue weighted by molar-refractivity contribution is -0.122. The summed E-state index contributed by atoms with van der Waals surface area (Å²) >= 11 is 0. The second-order valence-electron chi connectivity index (χ2n) is 4.24. The third-order valence-corrected chi connectivity index (χ3v) is 3.93. The Hall–Kier alpha value is -0.590. The topological polar surface area (TPSA) is 17.1 Å². The molecule has 0 aromatic carbocycles. The van der Waals surface area contributed by atoms with Crippen molar-refractivity contribution in [2.24, 2.45) is 23.7 Å². The first-order valence-electron chi connectivity index (χ1n) is 4.50. The van der Waals surface area contributed by atoms with E-state index in [-0.39, 0.29) is 0 Å². The highest BCUT2D eigenvalue weighted by atomic mass is 16.1. The molecule has 0 aromatic heterocycles. The minimum absolute atomic E-state index is 0.312. The van der Waals surface area contributed by atoms with E-state index in [0.717, 1.165) is 24.2 Å². The van der Waals surface area contributed by atoms with Gasteiger partial charge in [-0.25, -0.2) is 0 Å². The highest BCUT2D eigenvalue weighted by molar-refractivity contribution is 5.89. The number of ketones is 1. The van der Waals surface area contributed by atoms with Crippen molar-refractivity contribution in [3.63, 3.8) is 0 Å². The van der Waals surface area contributed by atoms with Crippen LogP contribution in [0.15, 0.2) is 12.2 Å². The first kappa shape index (κ1) is 5.99. The molecule has 0 aromatic rings. The zero-order chi connectivity index (χ0) is 7.59. The van der Waals surface area contributed by atoms with E-state index in [1.807, 2.05) is 0 Å². The molecule has 3 aliphatic carbocycles. The summed E-state index contributed by atoms with van der Waals surface area (Å²) in [7, 11) is 0. The summed E-state index contributed by atoms with van der Waals surface area (Å²) < 4.78 is 0. The van der Waals surface area contributed by atoms with Crippen molar-refractivity contribution in [3.8, 4) is 0 Å². The van der Waals surface area contributed by atoms with Gasteiger partial charge in [0.15, 0.2) is 0 Å². The average Bonchev–Trinajstić information content (AvgIpc) is 2.37. The van der Waals surface area contributed by atoms with Crippen molar-refractivity contribution in [2.45, 2.75) is 19.3 Å². The largest absolute Gasteiger partial charge is 0.299 e. The second-order valence-corrected chi connectivity index (χ2v) is 4.24. The minimum atomic E-state index is 0.312. The summed E-state index contributed by atoms with van der Waals surface area (Å²) in [6.45, 7) is 4.01. The van der Waals surface area contributed by atoms with Crippen molar-refractivity contribution >= 4 is 5.78 Å². The number of hydrogen-bond acceptors (Lipinski definition) is 1. The summed E-state index contributed by atoms with van der Waals surface area (Å²) in [5.74, 6) is 3.04. The number of carbonyl (C=O) groups excluding carboxylic acids is 1. The van der Waals surface area contributed by atoms with E-state index in [1.54, 1.807) is 0 Å². The predicted molar refractivity (Wildman–Crippen MR) is 42.0 cm³/mol. The monoisotopic (exact) mass is 148 g/mol. The molecule has 58 valence electrons. The Bertz CT molecular complexity index is 254. The van der Waals surface area contributed by atoms with Crippen molar-refractivity contribution in [1.82, 2.24) is 0 Å². The van der Waals surface area contributed by atoms with Gasteiger partial charge in [0.05, 0.1) is 0 Å². The van der Waals surface area contributed by atoms with Gasteiger partial charge in [0, 0.05) is 12.3 Å². The molecule has 3 aliphatic rings. The van der Waals surface area contributed by atoms with Gasteiger partial charge in [-0.1, -0.05) is 12.2 Å². The van der Waals surface area contributed by atoms with Gasteiger partial charge in [-0.15, -0.1) is 0 Å². The lowest BCUT2D eigenvalue weighted by Crippen LogP contribution is -2.36. The third-order valence-electron chi connectivity index (χ3n) is 3.93. The fraction of sp³-hybridized carbons (Fsp3) is 0.700. The Morgan fingerprint density at radius 2 is 2.18 bits per heavy atom. The third kappa shape index (κ3) is 0.492. The smallest absolute Gasteiger partial charge is 0.140 e. The van der Waals surface area contributed by atoms with E-state index in [1.165, 1.54) is 18.4 Å². The van der Waals surface area contributed by atoms with Crippen LogP contribution >= 0.6 is 0 Å². The van der Waals surface area contributed by atoms with Crippen LogP contribution in [0.1, 0.15) is 19.3 Å². The SMILES string of the molecule is C=C1[C@@H]2C(=O)C[C@@H]3CC[C@H]1[C@@H]32. The minimum Gasteiger partial charge on any atom is -0.299 e. The Labute approximate surface area is 66.5 Å². The maximum absolute atomic E-state index is 11.4. The van der Waals surface area contributed by atoms with Crippen LogP contribution in [0.2, 0.25) is 0 Å². The normalized spacial score (nSPS) is 52.7. The zero-order valence-electron chi connectivity index (χ0n) is 6.55. The van der Waals surface area contributed by atoms with Crippen LogP contribution in [0, 0.1) is 23.7 Å². The Morgan fingerprint density at radius 1 is 1.36 bits per heavy atom. The molecular formula is C10H12O. The molecule has 3 saturated carbocycles. The Balaban J connectivity index is 2.04.